The highest BCUT2D eigenvalue weighted by Crippen LogP contribution is 2.50. The fourth-order valence-electron chi connectivity index (χ4n) is 3.61. The van der Waals surface area contributed by atoms with Crippen LogP contribution in [0.2, 0.25) is 0 Å². The van der Waals surface area contributed by atoms with Crippen LogP contribution < -0.4 is 0 Å². The molecule has 0 radical (unpaired) electrons. The van der Waals surface area contributed by atoms with Crippen LogP contribution in [0, 0.1) is 5.41 Å². The Balaban J connectivity index is 1.99. The van der Waals surface area contributed by atoms with Crippen molar-refractivity contribution in [3.05, 3.63) is 82.8 Å². The highest BCUT2D eigenvalue weighted by molar-refractivity contribution is 5.64. The molecule has 0 amide bonds. The quantitative estimate of drug-likeness (QED) is 0.613. The Hall–Kier alpha value is -2.02. The second-order valence-electron chi connectivity index (χ2n) is 7.35. The molecular weight excluding hydrogens is 254 g/mol. The lowest BCUT2D eigenvalue weighted by atomic mass is 9.69. The topological polar surface area (TPSA) is 3.24 Å². The van der Waals surface area contributed by atoms with Gasteiger partial charge < -0.3 is 4.90 Å². The summed E-state index contributed by atoms with van der Waals surface area (Å²) in [5.74, 6) is 0. The van der Waals surface area contributed by atoms with Crippen LogP contribution in [0.25, 0.3) is 0 Å². The Morgan fingerprint density at radius 2 is 1.62 bits per heavy atom. The van der Waals surface area contributed by atoms with Crippen molar-refractivity contribution < 1.29 is 0 Å². The van der Waals surface area contributed by atoms with E-state index >= 15 is 0 Å². The molecule has 3 heterocycles. The van der Waals surface area contributed by atoms with E-state index in [0.29, 0.717) is 0 Å². The van der Waals surface area contributed by atoms with E-state index in [1.165, 1.54) is 28.1 Å². The number of allylic oxidation sites excluding steroid dienone is 8. The van der Waals surface area contributed by atoms with Crippen LogP contribution in [-0.4, -0.2) is 10.4 Å². The Kier molecular flexibility index (Phi) is 2.29. The molecule has 0 N–H and O–H groups in total. The minimum atomic E-state index is -0.0653. The van der Waals surface area contributed by atoms with Crippen LogP contribution >= 0.6 is 0 Å². The first-order valence-electron chi connectivity index (χ1n) is 7.64. The average molecular weight is 275 g/mol. The molecule has 0 aromatic carbocycles. The lowest BCUT2D eigenvalue weighted by molar-refractivity contribution is 0.282. The van der Waals surface area contributed by atoms with E-state index in [0.717, 1.165) is 0 Å². The summed E-state index contributed by atoms with van der Waals surface area (Å²) >= 11 is 0. The van der Waals surface area contributed by atoms with E-state index in [2.05, 4.69) is 87.3 Å². The zero-order chi connectivity index (χ0) is 14.8. The van der Waals surface area contributed by atoms with Crippen molar-refractivity contribution in [2.75, 3.05) is 0 Å². The molecule has 1 unspecified atom stereocenters. The zero-order valence-corrected chi connectivity index (χ0v) is 13.1. The van der Waals surface area contributed by atoms with Crippen molar-refractivity contribution in [3.63, 3.8) is 0 Å². The summed E-state index contributed by atoms with van der Waals surface area (Å²) in [6.07, 6.45) is 20.3. The van der Waals surface area contributed by atoms with Gasteiger partial charge in [-0.05, 0) is 53.4 Å². The van der Waals surface area contributed by atoms with Gasteiger partial charge >= 0.3 is 0 Å². The molecule has 0 saturated carbocycles. The Morgan fingerprint density at radius 3 is 2.38 bits per heavy atom. The zero-order valence-electron chi connectivity index (χ0n) is 13.1. The van der Waals surface area contributed by atoms with Gasteiger partial charge in [0.15, 0.2) is 0 Å². The number of nitrogens with zero attached hydrogens (tertiary/aromatic N) is 1. The molecular formula is C20H21N. The monoisotopic (exact) mass is 275 g/mol. The first-order valence-corrected chi connectivity index (χ1v) is 7.64. The number of hydrogen-bond acceptors (Lipinski definition) is 1. The summed E-state index contributed by atoms with van der Waals surface area (Å²) < 4.78 is 0. The molecule has 0 spiro atoms. The summed E-state index contributed by atoms with van der Waals surface area (Å²) in [6, 6.07) is 0. The van der Waals surface area contributed by atoms with Crippen molar-refractivity contribution in [2.24, 2.45) is 5.41 Å². The van der Waals surface area contributed by atoms with Gasteiger partial charge in [-0.3, -0.25) is 0 Å². The van der Waals surface area contributed by atoms with Gasteiger partial charge in [-0.25, -0.2) is 0 Å². The minimum absolute atomic E-state index is 0.0653. The van der Waals surface area contributed by atoms with E-state index in [-0.39, 0.29) is 11.0 Å². The Morgan fingerprint density at radius 1 is 0.857 bits per heavy atom. The highest BCUT2D eigenvalue weighted by atomic mass is 15.2. The molecule has 1 aliphatic carbocycles. The molecule has 0 fully saturated rings. The third-order valence-electron chi connectivity index (χ3n) is 4.98. The van der Waals surface area contributed by atoms with Crippen molar-refractivity contribution in [1.82, 2.24) is 4.90 Å². The van der Waals surface area contributed by atoms with E-state index in [4.69, 9.17) is 0 Å². The van der Waals surface area contributed by atoms with Crippen LogP contribution in [0.4, 0.5) is 0 Å². The van der Waals surface area contributed by atoms with Crippen LogP contribution in [0.3, 0.4) is 0 Å². The van der Waals surface area contributed by atoms with Gasteiger partial charge in [0.2, 0.25) is 0 Å². The molecule has 106 valence electrons. The summed E-state index contributed by atoms with van der Waals surface area (Å²) in [6.45, 7) is 9.18. The first kappa shape index (κ1) is 12.7. The summed E-state index contributed by atoms with van der Waals surface area (Å²) in [7, 11) is 0. The van der Waals surface area contributed by atoms with Crippen molar-refractivity contribution in [3.8, 4) is 0 Å². The maximum Gasteiger partial charge on any atom is 0.0927 e. The third kappa shape index (κ3) is 1.58. The molecule has 21 heavy (non-hydrogen) atoms. The molecule has 4 rings (SSSR count). The fraction of sp³-hybridized carbons (Fsp3) is 0.300. The predicted octanol–water partition coefficient (Wildman–Crippen LogP) is 4.81. The van der Waals surface area contributed by atoms with Gasteiger partial charge in [0, 0.05) is 11.4 Å². The van der Waals surface area contributed by atoms with E-state index in [1.807, 2.05) is 0 Å². The fourth-order valence-corrected chi connectivity index (χ4v) is 3.61. The predicted molar refractivity (Wildman–Crippen MR) is 88.4 cm³/mol. The second-order valence-corrected chi connectivity index (χ2v) is 7.35. The lowest BCUT2D eigenvalue weighted by Crippen LogP contribution is -2.51. The van der Waals surface area contributed by atoms with Gasteiger partial charge in [-0.1, -0.05) is 51.2 Å². The number of rotatable bonds is 0. The van der Waals surface area contributed by atoms with Crippen molar-refractivity contribution >= 4 is 0 Å². The van der Waals surface area contributed by atoms with Gasteiger partial charge in [-0.15, -0.1) is 0 Å². The normalized spacial score (nSPS) is 29.1. The van der Waals surface area contributed by atoms with Crippen LogP contribution in [0.1, 0.15) is 27.7 Å². The third-order valence-corrected chi connectivity index (χ3v) is 4.98. The van der Waals surface area contributed by atoms with Gasteiger partial charge in [0.1, 0.15) is 0 Å². The smallest absolute Gasteiger partial charge is 0.0927 e. The lowest BCUT2D eigenvalue weighted by Gasteiger charge is -2.52. The van der Waals surface area contributed by atoms with E-state index < -0.39 is 0 Å². The van der Waals surface area contributed by atoms with Gasteiger partial charge in [0.25, 0.3) is 0 Å². The van der Waals surface area contributed by atoms with E-state index in [9.17, 15) is 0 Å². The highest BCUT2D eigenvalue weighted by Gasteiger charge is 2.45. The van der Waals surface area contributed by atoms with Crippen LogP contribution in [0.15, 0.2) is 82.8 Å². The molecule has 3 aliphatic heterocycles. The van der Waals surface area contributed by atoms with Gasteiger partial charge in [0.05, 0.1) is 5.54 Å². The van der Waals surface area contributed by atoms with Crippen molar-refractivity contribution in [1.29, 1.82) is 0 Å². The van der Waals surface area contributed by atoms with Crippen molar-refractivity contribution in [2.45, 2.75) is 33.2 Å². The van der Waals surface area contributed by atoms with Crippen LogP contribution in [-0.2, 0) is 0 Å². The maximum absolute atomic E-state index is 2.46. The Labute approximate surface area is 127 Å². The molecule has 0 aromatic heterocycles. The average Bonchev–Trinajstić information content (AvgIpc) is 2.43. The standard InChI is InChI=1S/C20H21N/c1-19(2,3)16-12-14-8-10-17-6-5-7-18-11-9-15(13-16)20(14,4)21(17)18/h5-13H,1-4H3. The minimum Gasteiger partial charge on any atom is -0.327 e. The SMILES string of the molecule is CC(C)(C)C1=CC2=CC=C3C=CC=C4C=CC(=C1)C2(C)N43. The second kappa shape index (κ2) is 3.79. The molecule has 0 aromatic rings. The van der Waals surface area contributed by atoms with E-state index in [1.54, 1.807) is 0 Å². The maximum atomic E-state index is 2.46. The molecule has 0 bridgehead atoms. The Bertz CT molecular complexity index is 741. The molecule has 4 aliphatic rings. The first-order chi connectivity index (χ1) is 9.90. The molecule has 1 atom stereocenters. The number of hydrogen-bond donors (Lipinski definition) is 0. The molecule has 0 saturated heterocycles. The van der Waals surface area contributed by atoms with Crippen LogP contribution in [0.5, 0.6) is 0 Å². The largest absolute Gasteiger partial charge is 0.327 e. The summed E-state index contributed by atoms with van der Waals surface area (Å²) in [5, 5.41) is 0. The molecule has 1 nitrogen and oxygen atoms in total. The summed E-state index contributed by atoms with van der Waals surface area (Å²) in [4.78, 5) is 2.46. The molecule has 1 heteroatoms. The summed E-state index contributed by atoms with van der Waals surface area (Å²) in [5.41, 5.74) is 6.85. The van der Waals surface area contributed by atoms with Gasteiger partial charge in [-0.2, -0.15) is 0 Å².